The Morgan fingerprint density at radius 1 is 1.50 bits per heavy atom. The molecule has 1 aliphatic rings. The standard InChI is InChI=1S/C11H21NO2/c1-2-3-4-8-14-11(13)10-6-5-7-12-9-10/h10,12H,2-9H2,1H3/t10-/m1/s1. The largest absolute Gasteiger partial charge is 0.465 e. The molecule has 0 unspecified atom stereocenters. The average molecular weight is 199 g/mol. The number of nitrogens with one attached hydrogen (secondary N) is 1. The van der Waals surface area contributed by atoms with E-state index in [0.29, 0.717) is 6.61 Å². The third kappa shape index (κ3) is 4.09. The number of rotatable bonds is 5. The van der Waals surface area contributed by atoms with Gasteiger partial charge in [0.05, 0.1) is 12.5 Å². The number of hydrogen-bond acceptors (Lipinski definition) is 3. The fraction of sp³-hybridized carbons (Fsp3) is 0.909. The summed E-state index contributed by atoms with van der Waals surface area (Å²) in [5.41, 5.74) is 0. The highest BCUT2D eigenvalue weighted by Gasteiger charge is 2.21. The molecule has 0 aliphatic carbocycles. The van der Waals surface area contributed by atoms with Gasteiger partial charge in [-0.3, -0.25) is 4.79 Å². The molecule has 1 fully saturated rings. The smallest absolute Gasteiger partial charge is 0.310 e. The minimum absolute atomic E-state index is 0.00620. The molecule has 0 aromatic rings. The summed E-state index contributed by atoms with van der Waals surface area (Å²) >= 11 is 0. The van der Waals surface area contributed by atoms with E-state index in [2.05, 4.69) is 12.2 Å². The first-order chi connectivity index (χ1) is 6.84. The van der Waals surface area contributed by atoms with Crippen molar-refractivity contribution >= 4 is 5.97 Å². The quantitative estimate of drug-likeness (QED) is 0.541. The Hall–Kier alpha value is -0.570. The zero-order chi connectivity index (χ0) is 10.2. The average Bonchev–Trinajstić information content (AvgIpc) is 2.25. The fourth-order valence-corrected chi connectivity index (χ4v) is 1.70. The molecule has 1 atom stereocenters. The molecule has 0 aromatic heterocycles. The lowest BCUT2D eigenvalue weighted by Gasteiger charge is -2.20. The Morgan fingerprint density at radius 2 is 2.36 bits per heavy atom. The number of carbonyl (C=O) groups excluding carboxylic acids is 1. The van der Waals surface area contributed by atoms with Crippen molar-refractivity contribution in [3.8, 4) is 0 Å². The first kappa shape index (κ1) is 11.5. The first-order valence-corrected chi connectivity index (χ1v) is 5.72. The van der Waals surface area contributed by atoms with Crippen LogP contribution in [0.25, 0.3) is 0 Å². The van der Waals surface area contributed by atoms with Crippen LogP contribution in [0.15, 0.2) is 0 Å². The van der Waals surface area contributed by atoms with Gasteiger partial charge in [0.15, 0.2) is 0 Å². The molecule has 3 heteroatoms. The van der Waals surface area contributed by atoms with E-state index in [-0.39, 0.29) is 11.9 Å². The second kappa shape index (κ2) is 6.82. The van der Waals surface area contributed by atoms with E-state index < -0.39 is 0 Å². The van der Waals surface area contributed by atoms with E-state index in [9.17, 15) is 4.79 Å². The van der Waals surface area contributed by atoms with Crippen LogP contribution in [0.1, 0.15) is 39.0 Å². The maximum atomic E-state index is 11.5. The fourth-order valence-electron chi connectivity index (χ4n) is 1.70. The lowest BCUT2D eigenvalue weighted by molar-refractivity contribution is -0.149. The lowest BCUT2D eigenvalue weighted by Crippen LogP contribution is -2.35. The van der Waals surface area contributed by atoms with Crippen LogP contribution >= 0.6 is 0 Å². The molecule has 0 saturated carbocycles. The summed E-state index contributed by atoms with van der Waals surface area (Å²) in [4.78, 5) is 11.5. The summed E-state index contributed by atoms with van der Waals surface area (Å²) in [6.07, 6.45) is 5.40. The van der Waals surface area contributed by atoms with Crippen molar-refractivity contribution in [2.24, 2.45) is 5.92 Å². The predicted molar refractivity (Wildman–Crippen MR) is 56.1 cm³/mol. The van der Waals surface area contributed by atoms with Gasteiger partial charge < -0.3 is 10.1 Å². The lowest BCUT2D eigenvalue weighted by atomic mass is 10.0. The molecule has 0 radical (unpaired) electrons. The van der Waals surface area contributed by atoms with E-state index in [1.54, 1.807) is 0 Å². The van der Waals surface area contributed by atoms with Gasteiger partial charge in [-0.05, 0) is 25.8 Å². The van der Waals surface area contributed by atoms with Crippen LogP contribution in [0, 0.1) is 5.92 Å². The van der Waals surface area contributed by atoms with Crippen LogP contribution in [0.4, 0.5) is 0 Å². The molecule has 14 heavy (non-hydrogen) atoms. The first-order valence-electron chi connectivity index (χ1n) is 5.72. The van der Waals surface area contributed by atoms with Crippen LogP contribution in [-0.2, 0) is 9.53 Å². The van der Waals surface area contributed by atoms with E-state index in [1.807, 2.05) is 0 Å². The van der Waals surface area contributed by atoms with Crippen LogP contribution in [-0.4, -0.2) is 25.7 Å². The number of hydrogen-bond donors (Lipinski definition) is 1. The molecule has 0 aromatic carbocycles. The highest BCUT2D eigenvalue weighted by molar-refractivity contribution is 5.72. The van der Waals surface area contributed by atoms with Gasteiger partial charge in [-0.2, -0.15) is 0 Å². The van der Waals surface area contributed by atoms with E-state index in [1.165, 1.54) is 6.42 Å². The SMILES string of the molecule is CCCCCOC(=O)[C@@H]1CCCNC1. The van der Waals surface area contributed by atoms with E-state index in [0.717, 1.165) is 38.8 Å². The van der Waals surface area contributed by atoms with Crippen LogP contribution in [0.5, 0.6) is 0 Å². The van der Waals surface area contributed by atoms with Crippen molar-refractivity contribution in [1.29, 1.82) is 0 Å². The van der Waals surface area contributed by atoms with Gasteiger partial charge in [0.1, 0.15) is 0 Å². The number of unbranched alkanes of at least 4 members (excludes halogenated alkanes) is 2. The molecule has 1 heterocycles. The normalized spacial score (nSPS) is 21.9. The summed E-state index contributed by atoms with van der Waals surface area (Å²) in [5.74, 6) is 0.0960. The van der Waals surface area contributed by atoms with Crippen LogP contribution < -0.4 is 5.32 Å². The van der Waals surface area contributed by atoms with Gasteiger partial charge >= 0.3 is 5.97 Å². The number of ether oxygens (including phenoxy) is 1. The third-order valence-corrected chi connectivity index (χ3v) is 2.62. The third-order valence-electron chi connectivity index (χ3n) is 2.62. The minimum atomic E-state index is -0.00620. The second-order valence-electron chi connectivity index (χ2n) is 3.92. The molecular weight excluding hydrogens is 178 g/mol. The molecule has 0 spiro atoms. The van der Waals surface area contributed by atoms with Gasteiger partial charge in [-0.15, -0.1) is 0 Å². The molecule has 3 nitrogen and oxygen atoms in total. The van der Waals surface area contributed by atoms with Crippen molar-refractivity contribution < 1.29 is 9.53 Å². The summed E-state index contributed by atoms with van der Waals surface area (Å²) < 4.78 is 5.20. The van der Waals surface area contributed by atoms with Crippen molar-refractivity contribution in [2.45, 2.75) is 39.0 Å². The van der Waals surface area contributed by atoms with Gasteiger partial charge in [-0.25, -0.2) is 0 Å². The number of esters is 1. The second-order valence-corrected chi connectivity index (χ2v) is 3.92. The maximum Gasteiger partial charge on any atom is 0.310 e. The van der Waals surface area contributed by atoms with Crippen LogP contribution in [0.3, 0.4) is 0 Å². The van der Waals surface area contributed by atoms with Crippen molar-refractivity contribution in [1.82, 2.24) is 5.32 Å². The Labute approximate surface area is 86.2 Å². The summed E-state index contributed by atoms with van der Waals surface area (Å²) in [7, 11) is 0. The maximum absolute atomic E-state index is 11.5. The van der Waals surface area contributed by atoms with Gasteiger partial charge in [-0.1, -0.05) is 19.8 Å². The highest BCUT2D eigenvalue weighted by Crippen LogP contribution is 2.11. The summed E-state index contributed by atoms with van der Waals surface area (Å²) in [5, 5.41) is 3.22. The van der Waals surface area contributed by atoms with Gasteiger partial charge in [0.25, 0.3) is 0 Å². The van der Waals surface area contributed by atoms with Crippen molar-refractivity contribution in [2.75, 3.05) is 19.7 Å². The minimum Gasteiger partial charge on any atom is -0.465 e. The van der Waals surface area contributed by atoms with Crippen molar-refractivity contribution in [3.63, 3.8) is 0 Å². The molecule has 0 amide bonds. The zero-order valence-corrected chi connectivity index (χ0v) is 9.05. The monoisotopic (exact) mass is 199 g/mol. The van der Waals surface area contributed by atoms with E-state index in [4.69, 9.17) is 4.74 Å². The molecule has 1 N–H and O–H groups in total. The van der Waals surface area contributed by atoms with E-state index >= 15 is 0 Å². The van der Waals surface area contributed by atoms with Crippen LogP contribution in [0.2, 0.25) is 0 Å². The van der Waals surface area contributed by atoms with Gasteiger partial charge in [0.2, 0.25) is 0 Å². The molecular formula is C11H21NO2. The zero-order valence-electron chi connectivity index (χ0n) is 9.05. The van der Waals surface area contributed by atoms with Crippen molar-refractivity contribution in [3.05, 3.63) is 0 Å². The Bertz CT molecular complexity index is 165. The molecule has 1 rings (SSSR count). The highest BCUT2D eigenvalue weighted by atomic mass is 16.5. The molecule has 0 bridgehead atoms. The molecule has 1 saturated heterocycles. The number of piperidine rings is 1. The Balaban J connectivity index is 2.07. The Kier molecular flexibility index (Phi) is 5.60. The molecule has 1 aliphatic heterocycles. The summed E-state index contributed by atoms with van der Waals surface area (Å²) in [6.45, 7) is 4.59. The van der Waals surface area contributed by atoms with Gasteiger partial charge in [0, 0.05) is 6.54 Å². The topological polar surface area (TPSA) is 38.3 Å². The number of carbonyl (C=O) groups is 1. The Morgan fingerprint density at radius 3 is 3.00 bits per heavy atom. The molecule has 82 valence electrons. The predicted octanol–water partition coefficient (Wildman–Crippen LogP) is 1.72. The summed E-state index contributed by atoms with van der Waals surface area (Å²) in [6, 6.07) is 0.